The highest BCUT2D eigenvalue weighted by molar-refractivity contribution is 6.31. The van der Waals surface area contributed by atoms with Crippen molar-refractivity contribution in [2.75, 3.05) is 0 Å². The number of pyridine rings is 1. The van der Waals surface area contributed by atoms with Crippen LogP contribution in [0.25, 0.3) is 27.9 Å². The Bertz CT molecular complexity index is 1660. The van der Waals surface area contributed by atoms with Gasteiger partial charge in [0.25, 0.3) is 5.91 Å². The van der Waals surface area contributed by atoms with Crippen LogP contribution in [0.1, 0.15) is 35.4 Å². The second-order valence-electron chi connectivity index (χ2n) is 8.37. The normalized spacial score (nSPS) is 12.0. The first-order valence-electron chi connectivity index (χ1n) is 11.4. The minimum atomic E-state index is -0.859. The van der Waals surface area contributed by atoms with Gasteiger partial charge in [-0.05, 0) is 52.7 Å². The summed E-state index contributed by atoms with van der Waals surface area (Å²) in [5, 5.41) is 28.4. The Morgan fingerprint density at radius 1 is 1.16 bits per heavy atom. The zero-order valence-electron chi connectivity index (χ0n) is 19.8. The lowest BCUT2D eigenvalue weighted by Gasteiger charge is -2.17. The Kier molecular flexibility index (Phi) is 6.55. The van der Waals surface area contributed by atoms with E-state index >= 15 is 4.39 Å². The summed E-state index contributed by atoms with van der Waals surface area (Å²) in [5.41, 5.74) is 7.04. The summed E-state index contributed by atoms with van der Waals surface area (Å²) in [5.74, 6) is -2.31. The van der Waals surface area contributed by atoms with Crippen molar-refractivity contribution in [3.63, 3.8) is 0 Å². The quantitative estimate of drug-likeness (QED) is 0.248. The third-order valence-electron chi connectivity index (χ3n) is 6.12. The number of hydrogen-bond donors (Lipinski definition) is 1. The largest absolute Gasteiger partial charge is 0.618 e. The number of benzene rings is 2. The number of aromatic nitrogens is 7. The summed E-state index contributed by atoms with van der Waals surface area (Å²) in [6, 6.07) is 9.73. The highest BCUT2D eigenvalue weighted by atomic mass is 35.5. The average molecular weight is 537 g/mol. The number of rotatable bonds is 7. The third-order valence-corrected chi connectivity index (χ3v) is 6.41. The van der Waals surface area contributed by atoms with Crippen molar-refractivity contribution in [2.45, 2.75) is 19.4 Å². The topological polar surface area (TPSA) is 131 Å². The van der Waals surface area contributed by atoms with Gasteiger partial charge < -0.3 is 10.9 Å². The van der Waals surface area contributed by atoms with Crippen molar-refractivity contribution in [1.29, 1.82) is 0 Å². The van der Waals surface area contributed by atoms with E-state index in [-0.39, 0.29) is 21.7 Å². The highest BCUT2D eigenvalue weighted by Crippen LogP contribution is 2.33. The molecule has 10 nitrogen and oxygen atoms in total. The second kappa shape index (κ2) is 9.98. The van der Waals surface area contributed by atoms with Crippen LogP contribution in [0.5, 0.6) is 0 Å². The molecule has 0 spiro atoms. The molecular weight excluding hydrogens is 518 g/mol. The third kappa shape index (κ3) is 4.45. The average Bonchev–Trinajstić information content (AvgIpc) is 3.60. The lowest BCUT2D eigenvalue weighted by molar-refractivity contribution is -0.615. The van der Waals surface area contributed by atoms with Gasteiger partial charge in [-0.25, -0.2) is 8.78 Å². The van der Waals surface area contributed by atoms with Crippen molar-refractivity contribution in [3.05, 3.63) is 101 Å². The number of tetrazole rings is 1. The predicted octanol–water partition coefficient (Wildman–Crippen LogP) is 3.86. The number of primary amides is 1. The van der Waals surface area contributed by atoms with Crippen LogP contribution < -0.4 is 10.5 Å². The minimum absolute atomic E-state index is 0.0665. The Labute approximate surface area is 219 Å². The van der Waals surface area contributed by atoms with Gasteiger partial charge in [0.15, 0.2) is 12.0 Å². The molecule has 0 fully saturated rings. The van der Waals surface area contributed by atoms with Gasteiger partial charge in [-0.3, -0.25) is 9.48 Å². The fourth-order valence-corrected chi connectivity index (χ4v) is 4.42. The van der Waals surface area contributed by atoms with E-state index in [4.69, 9.17) is 17.3 Å². The van der Waals surface area contributed by atoms with Crippen LogP contribution in [0.2, 0.25) is 5.02 Å². The molecule has 0 aliphatic carbocycles. The van der Waals surface area contributed by atoms with Gasteiger partial charge in [-0.1, -0.05) is 24.6 Å². The lowest BCUT2D eigenvalue weighted by Crippen LogP contribution is -2.35. The molecule has 192 valence electrons. The summed E-state index contributed by atoms with van der Waals surface area (Å²) in [4.78, 5) is 11.3. The maximum absolute atomic E-state index is 15.1. The van der Waals surface area contributed by atoms with Crippen molar-refractivity contribution < 1.29 is 18.3 Å². The lowest BCUT2D eigenvalue weighted by atomic mass is 10.0. The molecule has 38 heavy (non-hydrogen) atoms. The SMILES string of the molecule is CC[C@@H](c1ccc(-c2c(-n3cnnn3)ccc(Cl)c2F)c[n+]1[O-])n1cc(-c2ccc(C(N)=O)c(F)c2)cn1. The maximum Gasteiger partial charge on any atom is 0.251 e. The highest BCUT2D eigenvalue weighted by Gasteiger charge is 2.25. The number of carbonyl (C=O) groups is 1. The van der Waals surface area contributed by atoms with Crippen LogP contribution in [0.4, 0.5) is 8.78 Å². The molecule has 0 radical (unpaired) electrons. The van der Waals surface area contributed by atoms with Crippen LogP contribution in [0.15, 0.2) is 67.4 Å². The Morgan fingerprint density at radius 2 is 1.95 bits per heavy atom. The summed E-state index contributed by atoms with van der Waals surface area (Å²) < 4.78 is 32.9. The number of nitrogens with two attached hydrogens (primary N) is 1. The number of hydrogen-bond acceptors (Lipinski definition) is 6. The molecule has 5 rings (SSSR count). The van der Waals surface area contributed by atoms with Crippen molar-refractivity contribution >= 4 is 17.5 Å². The van der Waals surface area contributed by atoms with E-state index in [0.717, 1.165) is 0 Å². The molecule has 2 N–H and O–H groups in total. The Morgan fingerprint density at radius 3 is 2.61 bits per heavy atom. The molecule has 0 aliphatic rings. The van der Waals surface area contributed by atoms with Gasteiger partial charge in [0.05, 0.1) is 33.6 Å². The number of halogens is 3. The van der Waals surface area contributed by atoms with Crippen LogP contribution >= 0.6 is 11.6 Å². The molecule has 1 amide bonds. The van der Waals surface area contributed by atoms with Gasteiger partial charge in [0.1, 0.15) is 18.2 Å². The molecule has 3 aromatic heterocycles. The molecule has 1 atom stereocenters. The number of amides is 1. The predicted molar refractivity (Wildman–Crippen MR) is 133 cm³/mol. The van der Waals surface area contributed by atoms with Crippen LogP contribution in [-0.4, -0.2) is 35.9 Å². The van der Waals surface area contributed by atoms with Gasteiger partial charge in [-0.2, -0.15) is 14.5 Å². The molecule has 3 heterocycles. The van der Waals surface area contributed by atoms with E-state index in [1.54, 1.807) is 35.1 Å². The fraction of sp³-hybridized carbons (Fsp3) is 0.120. The molecule has 0 bridgehead atoms. The second-order valence-corrected chi connectivity index (χ2v) is 8.78. The zero-order valence-corrected chi connectivity index (χ0v) is 20.5. The summed E-state index contributed by atoms with van der Waals surface area (Å²) in [7, 11) is 0. The van der Waals surface area contributed by atoms with E-state index in [1.807, 2.05) is 6.92 Å². The van der Waals surface area contributed by atoms with E-state index in [1.165, 1.54) is 41.6 Å². The van der Waals surface area contributed by atoms with Crippen LogP contribution in [0.3, 0.4) is 0 Å². The standard InChI is InChI=1S/C25H19ClF2N8O2/c1-2-20(34-11-16(10-31-34)14-3-5-17(25(29)37)19(27)9-14)21-7-4-15(12-36(21)38)23-22(35-13-30-32-33-35)8-6-18(26)24(23)28/h3-13,20H,2H2,1H3,(H2,29,37)/t20-/m0/s1. The zero-order chi connectivity index (χ0) is 27.0. The van der Waals surface area contributed by atoms with E-state index in [2.05, 4.69) is 20.6 Å². The van der Waals surface area contributed by atoms with Gasteiger partial charge in [0.2, 0.25) is 5.69 Å². The molecule has 0 aliphatic heterocycles. The molecule has 2 aromatic carbocycles. The van der Waals surface area contributed by atoms with E-state index in [0.29, 0.717) is 33.7 Å². The van der Waals surface area contributed by atoms with Crippen LogP contribution in [0, 0.1) is 16.8 Å². The molecule has 0 saturated carbocycles. The molecule has 0 unspecified atom stereocenters. The van der Waals surface area contributed by atoms with Crippen molar-refractivity contribution in [1.82, 2.24) is 30.0 Å². The molecule has 5 aromatic rings. The van der Waals surface area contributed by atoms with Crippen LogP contribution in [-0.2, 0) is 0 Å². The summed E-state index contributed by atoms with van der Waals surface area (Å²) >= 11 is 6.03. The maximum atomic E-state index is 15.1. The number of nitrogens with zero attached hydrogens (tertiary/aromatic N) is 7. The van der Waals surface area contributed by atoms with Gasteiger partial charge in [0, 0.05) is 17.8 Å². The minimum Gasteiger partial charge on any atom is -0.618 e. The van der Waals surface area contributed by atoms with Gasteiger partial charge in [-0.15, -0.1) is 5.10 Å². The summed E-state index contributed by atoms with van der Waals surface area (Å²) in [6.45, 7) is 1.88. The Hall–Kier alpha value is -4.71. The number of carbonyl (C=O) groups excluding carboxylic acids is 1. The van der Waals surface area contributed by atoms with E-state index < -0.39 is 23.6 Å². The first-order valence-corrected chi connectivity index (χ1v) is 11.7. The first kappa shape index (κ1) is 25.0. The van der Waals surface area contributed by atoms with Gasteiger partial charge >= 0.3 is 0 Å². The first-order chi connectivity index (χ1) is 18.3. The smallest absolute Gasteiger partial charge is 0.251 e. The Balaban J connectivity index is 1.50. The molecular formula is C25H19ClF2N8O2. The van der Waals surface area contributed by atoms with Crippen molar-refractivity contribution in [3.8, 4) is 27.9 Å². The van der Waals surface area contributed by atoms with Crippen molar-refractivity contribution in [2.24, 2.45) is 5.73 Å². The molecule has 0 saturated heterocycles. The molecule has 13 heteroatoms. The monoisotopic (exact) mass is 536 g/mol. The summed E-state index contributed by atoms with van der Waals surface area (Å²) in [6.07, 6.45) is 6.27. The fourth-order valence-electron chi connectivity index (χ4n) is 4.26. The van der Waals surface area contributed by atoms with E-state index in [9.17, 15) is 14.4 Å².